The summed E-state index contributed by atoms with van der Waals surface area (Å²) in [5, 5.41) is 13.2. The number of aromatic amines is 2. The molecule has 144 valence electrons. The third kappa shape index (κ3) is 2.74. The molecule has 0 amide bonds. The second-order valence-corrected chi connectivity index (χ2v) is 7.61. The van der Waals surface area contributed by atoms with E-state index in [1.807, 2.05) is 24.7 Å². The number of fused-ring (bicyclic) bond motifs is 2. The van der Waals surface area contributed by atoms with Crippen LogP contribution in [0.4, 0.5) is 0 Å². The lowest BCUT2D eigenvalue weighted by Crippen LogP contribution is -2.26. The van der Waals surface area contributed by atoms with Crippen molar-refractivity contribution in [1.29, 1.82) is 0 Å². The average molecular weight is 384 g/mol. The van der Waals surface area contributed by atoms with E-state index in [1.165, 1.54) is 5.56 Å². The van der Waals surface area contributed by atoms with Crippen LogP contribution >= 0.6 is 0 Å². The van der Waals surface area contributed by atoms with Gasteiger partial charge in [0.15, 0.2) is 5.65 Å². The van der Waals surface area contributed by atoms with Crippen LogP contribution in [-0.2, 0) is 0 Å². The molecule has 7 nitrogen and oxygen atoms in total. The Labute approximate surface area is 166 Å². The molecule has 5 aromatic rings. The highest BCUT2D eigenvalue weighted by Gasteiger charge is 2.19. The van der Waals surface area contributed by atoms with Crippen LogP contribution in [-0.4, -0.2) is 38.2 Å². The molecule has 0 aliphatic carbocycles. The SMILES string of the molecule is c1cc(-c2cncc3[nH]c(-c4[nH]nc5ncc(C6CCNCC6)cc45)cc23)co1. The lowest BCUT2D eigenvalue weighted by atomic mass is 9.91. The minimum absolute atomic E-state index is 0.551. The first-order valence-electron chi connectivity index (χ1n) is 9.91. The maximum absolute atomic E-state index is 5.26. The van der Waals surface area contributed by atoms with Gasteiger partial charge in [-0.2, -0.15) is 5.10 Å². The molecule has 3 N–H and O–H groups in total. The zero-order valence-corrected chi connectivity index (χ0v) is 15.8. The molecular formula is C22H20N6O. The summed E-state index contributed by atoms with van der Waals surface area (Å²) in [6.45, 7) is 2.12. The van der Waals surface area contributed by atoms with Crippen molar-refractivity contribution < 1.29 is 4.42 Å². The topological polar surface area (TPSA) is 95.4 Å². The van der Waals surface area contributed by atoms with Gasteiger partial charge in [-0.25, -0.2) is 4.98 Å². The molecule has 6 heterocycles. The highest BCUT2D eigenvalue weighted by molar-refractivity contribution is 6.00. The Bertz CT molecular complexity index is 1290. The van der Waals surface area contributed by atoms with Crippen molar-refractivity contribution in [2.45, 2.75) is 18.8 Å². The Morgan fingerprint density at radius 1 is 1.03 bits per heavy atom. The third-order valence-electron chi connectivity index (χ3n) is 5.89. The Kier molecular flexibility index (Phi) is 3.73. The first-order chi connectivity index (χ1) is 14.4. The molecule has 7 heteroatoms. The number of piperidine rings is 1. The van der Waals surface area contributed by atoms with E-state index in [2.05, 4.69) is 42.6 Å². The van der Waals surface area contributed by atoms with E-state index in [4.69, 9.17) is 4.42 Å². The summed E-state index contributed by atoms with van der Waals surface area (Å²) in [5.41, 5.74) is 6.99. The number of hydrogen-bond donors (Lipinski definition) is 3. The van der Waals surface area contributed by atoms with Gasteiger partial charge in [0.2, 0.25) is 0 Å². The number of nitrogens with one attached hydrogen (secondary N) is 3. The molecule has 0 atom stereocenters. The number of H-pyrrole nitrogens is 2. The van der Waals surface area contributed by atoms with Crippen LogP contribution in [0.3, 0.4) is 0 Å². The Hall–Kier alpha value is -3.45. The van der Waals surface area contributed by atoms with Gasteiger partial charge in [-0.3, -0.25) is 10.1 Å². The molecule has 0 aromatic carbocycles. The highest BCUT2D eigenvalue weighted by atomic mass is 16.3. The standard InChI is InChI=1S/C22H20N6O/c1-4-23-5-2-13(1)15-7-17-21(27-28-22(17)25-9-15)19-8-16-18(14-3-6-29-12-14)10-24-11-20(16)26-19/h3,6-13,23,26H,1-2,4-5H2,(H,25,27,28). The Balaban J connectivity index is 1.48. The normalized spacial score (nSPS) is 15.4. The number of aromatic nitrogens is 5. The summed E-state index contributed by atoms with van der Waals surface area (Å²) < 4.78 is 5.26. The third-order valence-corrected chi connectivity index (χ3v) is 5.89. The van der Waals surface area contributed by atoms with Crippen molar-refractivity contribution in [2.24, 2.45) is 0 Å². The van der Waals surface area contributed by atoms with Crippen molar-refractivity contribution in [3.05, 3.63) is 54.9 Å². The minimum Gasteiger partial charge on any atom is -0.472 e. The van der Waals surface area contributed by atoms with Crippen molar-refractivity contribution in [3.8, 4) is 22.5 Å². The van der Waals surface area contributed by atoms with Crippen molar-refractivity contribution >= 4 is 21.9 Å². The van der Waals surface area contributed by atoms with Crippen LogP contribution < -0.4 is 5.32 Å². The molecule has 1 fully saturated rings. The molecule has 1 aliphatic rings. The van der Waals surface area contributed by atoms with Crippen LogP contribution in [0.5, 0.6) is 0 Å². The zero-order valence-electron chi connectivity index (χ0n) is 15.8. The molecule has 0 spiro atoms. The van der Waals surface area contributed by atoms with Crippen LogP contribution in [0.2, 0.25) is 0 Å². The van der Waals surface area contributed by atoms with Gasteiger partial charge >= 0.3 is 0 Å². The first-order valence-corrected chi connectivity index (χ1v) is 9.91. The summed E-state index contributed by atoms with van der Waals surface area (Å²) in [6, 6.07) is 6.34. The lowest BCUT2D eigenvalue weighted by molar-refractivity contribution is 0.460. The number of rotatable bonds is 3. The van der Waals surface area contributed by atoms with Gasteiger partial charge < -0.3 is 14.7 Å². The first kappa shape index (κ1) is 16.5. The van der Waals surface area contributed by atoms with E-state index < -0.39 is 0 Å². The van der Waals surface area contributed by atoms with Crippen LogP contribution in [0, 0.1) is 0 Å². The largest absolute Gasteiger partial charge is 0.472 e. The van der Waals surface area contributed by atoms with E-state index >= 15 is 0 Å². The van der Waals surface area contributed by atoms with Gasteiger partial charge in [0.1, 0.15) is 0 Å². The average Bonchev–Trinajstić information content (AvgIpc) is 3.52. The molecule has 6 rings (SSSR count). The zero-order chi connectivity index (χ0) is 19.2. The molecule has 0 bridgehead atoms. The number of hydrogen-bond acceptors (Lipinski definition) is 5. The summed E-state index contributed by atoms with van der Waals surface area (Å²) in [6.07, 6.45) is 11.4. The molecule has 5 aromatic heterocycles. The molecule has 0 saturated carbocycles. The summed E-state index contributed by atoms with van der Waals surface area (Å²) >= 11 is 0. The molecule has 1 saturated heterocycles. The minimum atomic E-state index is 0.551. The molecule has 0 radical (unpaired) electrons. The molecule has 29 heavy (non-hydrogen) atoms. The van der Waals surface area contributed by atoms with E-state index in [0.717, 1.165) is 70.4 Å². The Morgan fingerprint density at radius 2 is 1.97 bits per heavy atom. The number of furan rings is 1. The lowest BCUT2D eigenvalue weighted by Gasteiger charge is -2.22. The van der Waals surface area contributed by atoms with Gasteiger partial charge in [-0.15, -0.1) is 0 Å². The maximum Gasteiger partial charge on any atom is 0.181 e. The second-order valence-electron chi connectivity index (χ2n) is 7.61. The van der Waals surface area contributed by atoms with Crippen molar-refractivity contribution in [1.82, 2.24) is 30.5 Å². The van der Waals surface area contributed by atoms with Gasteiger partial charge in [0.05, 0.1) is 35.6 Å². The van der Waals surface area contributed by atoms with Gasteiger partial charge in [-0.1, -0.05) is 0 Å². The maximum atomic E-state index is 5.26. The van der Waals surface area contributed by atoms with Crippen molar-refractivity contribution in [3.63, 3.8) is 0 Å². The van der Waals surface area contributed by atoms with Crippen LogP contribution in [0.25, 0.3) is 44.5 Å². The predicted octanol–water partition coefficient (Wildman–Crippen LogP) is 4.23. The van der Waals surface area contributed by atoms with Gasteiger partial charge in [0, 0.05) is 34.3 Å². The fourth-order valence-electron chi connectivity index (χ4n) is 4.33. The molecular weight excluding hydrogens is 364 g/mol. The van der Waals surface area contributed by atoms with E-state index in [1.54, 1.807) is 12.5 Å². The fourth-order valence-corrected chi connectivity index (χ4v) is 4.33. The van der Waals surface area contributed by atoms with E-state index in [-0.39, 0.29) is 0 Å². The van der Waals surface area contributed by atoms with E-state index in [0.29, 0.717) is 5.92 Å². The quantitative estimate of drug-likeness (QED) is 0.433. The van der Waals surface area contributed by atoms with Crippen LogP contribution in [0.1, 0.15) is 24.3 Å². The van der Waals surface area contributed by atoms with Crippen molar-refractivity contribution in [2.75, 3.05) is 13.1 Å². The van der Waals surface area contributed by atoms with E-state index in [9.17, 15) is 0 Å². The number of nitrogens with zero attached hydrogens (tertiary/aromatic N) is 3. The second kappa shape index (κ2) is 6.56. The summed E-state index contributed by atoms with van der Waals surface area (Å²) in [4.78, 5) is 12.5. The predicted molar refractivity (Wildman–Crippen MR) is 112 cm³/mol. The molecule has 1 aliphatic heterocycles. The van der Waals surface area contributed by atoms with Crippen LogP contribution in [0.15, 0.2) is 53.7 Å². The van der Waals surface area contributed by atoms with Gasteiger partial charge in [-0.05, 0) is 55.6 Å². The monoisotopic (exact) mass is 384 g/mol. The smallest absolute Gasteiger partial charge is 0.181 e. The highest BCUT2D eigenvalue weighted by Crippen LogP contribution is 2.34. The Morgan fingerprint density at radius 3 is 2.83 bits per heavy atom. The number of pyridine rings is 2. The summed E-state index contributed by atoms with van der Waals surface area (Å²) in [5.74, 6) is 0.551. The fraction of sp³-hybridized carbons (Fsp3) is 0.227. The molecule has 0 unspecified atom stereocenters. The summed E-state index contributed by atoms with van der Waals surface area (Å²) in [7, 11) is 0. The van der Waals surface area contributed by atoms with Gasteiger partial charge in [0.25, 0.3) is 0 Å².